The molecule has 0 aromatic carbocycles. The Labute approximate surface area is 112 Å². The van der Waals surface area contributed by atoms with Crippen molar-refractivity contribution in [2.24, 2.45) is 0 Å². The van der Waals surface area contributed by atoms with Gasteiger partial charge >= 0.3 is 12.3 Å². The highest BCUT2D eigenvalue weighted by molar-refractivity contribution is 14.1. The van der Waals surface area contributed by atoms with Crippen LogP contribution in [0.2, 0.25) is 0 Å². The Bertz CT molecular complexity index is 464. The number of alkyl halides is 4. The fraction of sp³-hybridized carbons (Fsp3) is 0.333. The standard InChI is InChI=1S/C9H6F4INO3/c10-2-4-5(14)3-15-6(1-7(16)17)8(4)18-9(11,12)13/h3H,1-2H2,(H,16,17). The van der Waals surface area contributed by atoms with Gasteiger partial charge < -0.3 is 9.84 Å². The van der Waals surface area contributed by atoms with E-state index >= 15 is 0 Å². The third-order valence-corrected chi connectivity index (χ3v) is 2.76. The molecular weight excluding hydrogens is 373 g/mol. The molecule has 0 amide bonds. The van der Waals surface area contributed by atoms with Crippen LogP contribution in [0.5, 0.6) is 5.75 Å². The van der Waals surface area contributed by atoms with Crippen LogP contribution in [0.25, 0.3) is 0 Å². The van der Waals surface area contributed by atoms with E-state index < -0.39 is 36.9 Å². The molecule has 0 radical (unpaired) electrons. The second kappa shape index (κ2) is 5.67. The Kier molecular flexibility index (Phi) is 4.71. The van der Waals surface area contributed by atoms with E-state index in [1.165, 1.54) is 0 Å². The van der Waals surface area contributed by atoms with Crippen molar-refractivity contribution in [2.75, 3.05) is 0 Å². The smallest absolute Gasteiger partial charge is 0.481 e. The minimum absolute atomic E-state index is 0.128. The fourth-order valence-corrected chi connectivity index (χ4v) is 1.71. The first-order chi connectivity index (χ1) is 8.24. The van der Waals surface area contributed by atoms with Gasteiger partial charge in [0.2, 0.25) is 0 Å². The van der Waals surface area contributed by atoms with Gasteiger partial charge in [0.1, 0.15) is 6.67 Å². The Morgan fingerprint density at radius 2 is 2.11 bits per heavy atom. The molecule has 1 rings (SSSR count). The van der Waals surface area contributed by atoms with Crippen LogP contribution in [0.1, 0.15) is 11.3 Å². The number of hydrogen-bond acceptors (Lipinski definition) is 3. The Hall–Kier alpha value is -1.13. The number of carbonyl (C=O) groups is 1. The molecule has 0 saturated carbocycles. The predicted molar refractivity (Wildman–Crippen MR) is 59.8 cm³/mol. The van der Waals surface area contributed by atoms with Crippen molar-refractivity contribution in [2.45, 2.75) is 19.5 Å². The molecule has 1 N–H and O–H groups in total. The maximum atomic E-state index is 12.7. The van der Waals surface area contributed by atoms with Gasteiger partial charge in [-0.15, -0.1) is 13.2 Å². The minimum atomic E-state index is -5.04. The van der Waals surface area contributed by atoms with E-state index in [1.807, 2.05) is 0 Å². The lowest BCUT2D eigenvalue weighted by atomic mass is 10.2. The number of halogens is 5. The second-order valence-corrected chi connectivity index (χ2v) is 4.27. The Morgan fingerprint density at radius 1 is 1.50 bits per heavy atom. The first-order valence-corrected chi connectivity index (χ1v) is 5.52. The first-order valence-electron chi connectivity index (χ1n) is 4.44. The molecule has 0 unspecified atom stereocenters. The molecule has 100 valence electrons. The van der Waals surface area contributed by atoms with Crippen molar-refractivity contribution in [3.63, 3.8) is 0 Å². The van der Waals surface area contributed by atoms with E-state index in [2.05, 4.69) is 9.72 Å². The third-order valence-electron chi connectivity index (χ3n) is 1.83. The molecule has 1 heterocycles. The van der Waals surface area contributed by atoms with Gasteiger partial charge in [-0.2, -0.15) is 0 Å². The predicted octanol–water partition coefficient (Wildman–Crippen LogP) is 2.68. The van der Waals surface area contributed by atoms with Crippen molar-refractivity contribution in [1.29, 1.82) is 0 Å². The molecule has 0 fully saturated rings. The summed E-state index contributed by atoms with van der Waals surface area (Å²) in [6.07, 6.45) is -4.73. The summed E-state index contributed by atoms with van der Waals surface area (Å²) in [6, 6.07) is 0. The SMILES string of the molecule is O=C(O)Cc1ncc(I)c(CF)c1OC(F)(F)F. The summed E-state index contributed by atoms with van der Waals surface area (Å²) in [5, 5.41) is 8.55. The molecule has 9 heteroatoms. The molecule has 18 heavy (non-hydrogen) atoms. The molecule has 1 aromatic rings. The van der Waals surface area contributed by atoms with E-state index in [4.69, 9.17) is 5.11 Å². The van der Waals surface area contributed by atoms with Crippen molar-refractivity contribution >= 4 is 28.6 Å². The van der Waals surface area contributed by atoms with Crippen LogP contribution in [-0.2, 0) is 17.9 Å². The van der Waals surface area contributed by atoms with Gasteiger partial charge in [-0.1, -0.05) is 0 Å². The highest BCUT2D eigenvalue weighted by atomic mass is 127. The Morgan fingerprint density at radius 3 is 2.56 bits per heavy atom. The van der Waals surface area contributed by atoms with Crippen LogP contribution < -0.4 is 4.74 Å². The van der Waals surface area contributed by atoms with Gasteiger partial charge in [0.15, 0.2) is 5.75 Å². The average molecular weight is 379 g/mol. The number of aliphatic carboxylic acids is 1. The van der Waals surface area contributed by atoms with E-state index in [0.717, 1.165) is 6.20 Å². The zero-order chi connectivity index (χ0) is 13.9. The maximum absolute atomic E-state index is 12.7. The zero-order valence-corrected chi connectivity index (χ0v) is 10.7. The van der Waals surface area contributed by atoms with Gasteiger partial charge in [-0.25, -0.2) is 4.39 Å². The molecule has 0 spiro atoms. The summed E-state index contributed by atoms with van der Waals surface area (Å²) in [7, 11) is 0. The van der Waals surface area contributed by atoms with Crippen LogP contribution in [0, 0.1) is 3.57 Å². The highest BCUT2D eigenvalue weighted by Crippen LogP contribution is 2.32. The van der Waals surface area contributed by atoms with E-state index in [1.54, 1.807) is 22.6 Å². The van der Waals surface area contributed by atoms with E-state index in [9.17, 15) is 22.4 Å². The van der Waals surface area contributed by atoms with Gasteiger partial charge in [0.05, 0.1) is 12.1 Å². The third kappa shape index (κ3) is 3.96. The fourth-order valence-electron chi connectivity index (χ4n) is 1.18. The minimum Gasteiger partial charge on any atom is -0.481 e. The largest absolute Gasteiger partial charge is 0.573 e. The van der Waals surface area contributed by atoms with Crippen molar-refractivity contribution in [3.05, 3.63) is 21.0 Å². The Balaban J connectivity index is 3.29. The van der Waals surface area contributed by atoms with Crippen LogP contribution >= 0.6 is 22.6 Å². The number of nitrogens with zero attached hydrogens (tertiary/aromatic N) is 1. The lowest BCUT2D eigenvalue weighted by Crippen LogP contribution is -2.21. The second-order valence-electron chi connectivity index (χ2n) is 3.11. The summed E-state index contributed by atoms with van der Waals surface area (Å²) in [6.45, 7) is -1.21. The number of rotatable bonds is 4. The number of ether oxygens (including phenoxy) is 1. The molecular formula is C9H6F4INO3. The van der Waals surface area contributed by atoms with Gasteiger partial charge in [0.25, 0.3) is 0 Å². The van der Waals surface area contributed by atoms with Crippen LogP contribution in [0.3, 0.4) is 0 Å². The zero-order valence-electron chi connectivity index (χ0n) is 8.59. The number of carboxylic acids is 1. The van der Waals surface area contributed by atoms with Crippen LogP contribution in [0.4, 0.5) is 17.6 Å². The molecule has 0 aliphatic rings. The van der Waals surface area contributed by atoms with Crippen molar-refractivity contribution in [3.8, 4) is 5.75 Å². The monoisotopic (exact) mass is 379 g/mol. The molecule has 0 bridgehead atoms. The molecule has 4 nitrogen and oxygen atoms in total. The number of hydrogen-bond donors (Lipinski definition) is 1. The normalized spacial score (nSPS) is 11.4. The topological polar surface area (TPSA) is 59.4 Å². The molecule has 0 atom stereocenters. The summed E-state index contributed by atoms with van der Waals surface area (Å²) in [5.74, 6) is -2.26. The van der Waals surface area contributed by atoms with E-state index in [0.29, 0.717) is 0 Å². The molecule has 0 aliphatic carbocycles. The highest BCUT2D eigenvalue weighted by Gasteiger charge is 2.34. The van der Waals surface area contributed by atoms with E-state index in [-0.39, 0.29) is 9.13 Å². The number of aromatic nitrogens is 1. The van der Waals surface area contributed by atoms with Crippen molar-refractivity contribution < 1.29 is 32.2 Å². The molecule has 1 aromatic heterocycles. The summed E-state index contributed by atoms with van der Waals surface area (Å²) < 4.78 is 53.1. The lowest BCUT2D eigenvalue weighted by molar-refractivity contribution is -0.275. The first kappa shape index (κ1) is 14.9. The summed E-state index contributed by atoms with van der Waals surface area (Å²) >= 11 is 1.59. The van der Waals surface area contributed by atoms with Gasteiger partial charge in [0, 0.05) is 15.3 Å². The summed E-state index contributed by atoms with van der Waals surface area (Å²) in [5.41, 5.74) is -0.827. The van der Waals surface area contributed by atoms with Crippen LogP contribution in [-0.4, -0.2) is 22.4 Å². The molecule has 0 aliphatic heterocycles. The lowest BCUT2D eigenvalue weighted by Gasteiger charge is -2.15. The average Bonchev–Trinajstić information content (AvgIpc) is 2.20. The maximum Gasteiger partial charge on any atom is 0.573 e. The number of carboxylic acid groups (broad SMARTS) is 1. The van der Waals surface area contributed by atoms with Crippen molar-refractivity contribution in [1.82, 2.24) is 4.98 Å². The van der Waals surface area contributed by atoms with Gasteiger partial charge in [-0.05, 0) is 22.6 Å². The van der Waals surface area contributed by atoms with Crippen LogP contribution in [0.15, 0.2) is 6.20 Å². The summed E-state index contributed by atoms with van der Waals surface area (Å²) in [4.78, 5) is 14.0. The van der Waals surface area contributed by atoms with Gasteiger partial charge in [-0.3, -0.25) is 9.78 Å². The quantitative estimate of drug-likeness (QED) is 0.646. The number of pyridine rings is 1. The molecule has 0 saturated heterocycles.